The van der Waals surface area contributed by atoms with E-state index < -0.39 is 10.0 Å². The van der Waals surface area contributed by atoms with Crippen LogP contribution in [0.15, 0.2) is 71.8 Å². The maximum atomic E-state index is 12.6. The fourth-order valence-electron chi connectivity index (χ4n) is 2.76. The first-order valence-electron chi connectivity index (χ1n) is 9.33. The van der Waals surface area contributed by atoms with Crippen molar-refractivity contribution in [3.63, 3.8) is 0 Å². The van der Waals surface area contributed by atoms with Crippen molar-refractivity contribution in [2.45, 2.75) is 18.7 Å². The molecule has 9 heteroatoms. The van der Waals surface area contributed by atoms with Crippen LogP contribution in [0.4, 0.5) is 11.5 Å². The number of hydrogen-bond acceptors (Lipinski definition) is 7. The Hall–Kier alpha value is -3.72. The fraction of sp³-hybridized carbons (Fsp3) is 0.136. The third kappa shape index (κ3) is 5.89. The normalized spacial score (nSPS) is 11.3. The summed E-state index contributed by atoms with van der Waals surface area (Å²) in [5, 5.41) is 2.95. The van der Waals surface area contributed by atoms with Crippen molar-refractivity contribution >= 4 is 27.3 Å². The molecule has 0 bridgehead atoms. The number of carbonyl (C=O) groups is 1. The van der Waals surface area contributed by atoms with Crippen LogP contribution in [-0.4, -0.2) is 31.3 Å². The van der Waals surface area contributed by atoms with E-state index in [0.29, 0.717) is 28.5 Å². The Morgan fingerprint density at radius 2 is 1.68 bits per heavy atom. The molecular weight excluding hydrogens is 416 g/mol. The van der Waals surface area contributed by atoms with E-state index in [2.05, 4.69) is 20.0 Å². The number of allylic oxidation sites excluding steroid dienone is 1. The lowest BCUT2D eigenvalue weighted by Crippen LogP contribution is -2.14. The number of sulfonamides is 1. The summed E-state index contributed by atoms with van der Waals surface area (Å²) < 4.78 is 32.7. The van der Waals surface area contributed by atoms with Gasteiger partial charge >= 0.3 is 0 Å². The van der Waals surface area contributed by atoms with Crippen LogP contribution >= 0.6 is 0 Å². The molecule has 0 spiro atoms. The van der Waals surface area contributed by atoms with Crippen molar-refractivity contribution in [1.82, 2.24) is 9.97 Å². The molecule has 0 radical (unpaired) electrons. The minimum Gasteiger partial charge on any atom is -0.497 e. The highest BCUT2D eigenvalue weighted by molar-refractivity contribution is 7.92. The lowest BCUT2D eigenvalue weighted by atomic mass is 10.1. The van der Waals surface area contributed by atoms with Gasteiger partial charge in [0.2, 0.25) is 0 Å². The summed E-state index contributed by atoms with van der Waals surface area (Å²) >= 11 is 0. The molecule has 2 N–H and O–H groups in total. The number of ketones is 1. The van der Waals surface area contributed by atoms with Crippen LogP contribution in [-0.2, 0) is 10.0 Å². The number of hydrogen-bond donors (Lipinski definition) is 2. The van der Waals surface area contributed by atoms with E-state index in [4.69, 9.17) is 4.74 Å². The van der Waals surface area contributed by atoms with Gasteiger partial charge in [-0.05, 0) is 62.4 Å². The second kappa shape index (κ2) is 9.40. The van der Waals surface area contributed by atoms with E-state index in [1.807, 2.05) is 0 Å². The molecule has 31 heavy (non-hydrogen) atoms. The molecule has 2 aromatic carbocycles. The van der Waals surface area contributed by atoms with Crippen LogP contribution in [0.5, 0.6) is 5.75 Å². The number of anilines is 2. The van der Waals surface area contributed by atoms with Crippen molar-refractivity contribution in [2.75, 3.05) is 17.1 Å². The predicted octanol–water partition coefficient (Wildman–Crippen LogP) is 3.71. The van der Waals surface area contributed by atoms with Crippen molar-refractivity contribution in [1.29, 1.82) is 0 Å². The van der Waals surface area contributed by atoms with Gasteiger partial charge in [-0.15, -0.1) is 0 Å². The molecule has 1 aromatic heterocycles. The number of ether oxygens (including phenoxy) is 1. The Bertz CT molecular complexity index is 1190. The van der Waals surface area contributed by atoms with E-state index in [1.165, 1.54) is 24.4 Å². The second-order valence-corrected chi connectivity index (χ2v) is 8.32. The van der Waals surface area contributed by atoms with E-state index >= 15 is 0 Å². The zero-order valence-corrected chi connectivity index (χ0v) is 18.1. The highest BCUT2D eigenvalue weighted by Gasteiger charge is 2.15. The summed E-state index contributed by atoms with van der Waals surface area (Å²) in [5.74, 6) is 1.20. The molecule has 0 fully saturated rings. The van der Waals surface area contributed by atoms with E-state index in [-0.39, 0.29) is 16.5 Å². The molecule has 0 saturated heterocycles. The van der Waals surface area contributed by atoms with Crippen molar-refractivity contribution in [2.24, 2.45) is 0 Å². The first-order chi connectivity index (χ1) is 14.8. The van der Waals surface area contributed by atoms with E-state index in [1.54, 1.807) is 63.4 Å². The average Bonchev–Trinajstić information content (AvgIpc) is 2.73. The molecule has 0 unspecified atom stereocenters. The zero-order chi connectivity index (χ0) is 22.4. The topological polar surface area (TPSA) is 110 Å². The minimum atomic E-state index is -3.79. The van der Waals surface area contributed by atoms with Crippen LogP contribution in [0.1, 0.15) is 21.9 Å². The lowest BCUT2D eigenvalue weighted by Gasteiger charge is -2.09. The molecule has 3 rings (SSSR count). The summed E-state index contributed by atoms with van der Waals surface area (Å²) in [6, 6.07) is 14.5. The Morgan fingerprint density at radius 1 is 1.00 bits per heavy atom. The summed E-state index contributed by atoms with van der Waals surface area (Å²) in [5.41, 5.74) is 1.83. The molecule has 1 heterocycles. The van der Waals surface area contributed by atoms with Gasteiger partial charge in [-0.3, -0.25) is 9.52 Å². The smallest absolute Gasteiger partial charge is 0.263 e. The van der Waals surface area contributed by atoms with Gasteiger partial charge in [0.05, 0.1) is 12.0 Å². The number of carbonyl (C=O) groups excluding carboxylic acids is 1. The largest absolute Gasteiger partial charge is 0.497 e. The van der Waals surface area contributed by atoms with Gasteiger partial charge in [0, 0.05) is 35.3 Å². The average molecular weight is 439 g/mol. The Morgan fingerprint density at radius 3 is 2.29 bits per heavy atom. The summed E-state index contributed by atoms with van der Waals surface area (Å²) in [6.07, 6.45) is 2.90. The highest BCUT2D eigenvalue weighted by atomic mass is 32.2. The third-order valence-corrected chi connectivity index (χ3v) is 5.60. The molecule has 0 saturated carbocycles. The fourth-order valence-corrected chi connectivity index (χ4v) is 3.75. The molecule has 160 valence electrons. The molecule has 0 aliphatic heterocycles. The van der Waals surface area contributed by atoms with Crippen LogP contribution in [0.25, 0.3) is 0 Å². The van der Waals surface area contributed by atoms with Crippen LogP contribution in [0.2, 0.25) is 0 Å². The number of methoxy groups -OCH3 is 1. The van der Waals surface area contributed by atoms with Gasteiger partial charge in [0.1, 0.15) is 17.4 Å². The SMILES string of the molecule is COc1ccc(C(=O)C=CNc2ccc(S(=O)(=O)Nc3cc(C)nc(C)n3)cc2)cc1. The maximum Gasteiger partial charge on any atom is 0.263 e. The van der Waals surface area contributed by atoms with Gasteiger partial charge in [0.25, 0.3) is 10.0 Å². The Kier molecular flexibility index (Phi) is 6.66. The van der Waals surface area contributed by atoms with Gasteiger partial charge in [-0.25, -0.2) is 18.4 Å². The van der Waals surface area contributed by atoms with Crippen LogP contribution in [0, 0.1) is 13.8 Å². The van der Waals surface area contributed by atoms with Gasteiger partial charge < -0.3 is 10.1 Å². The molecule has 0 atom stereocenters. The molecule has 0 amide bonds. The number of aromatic nitrogens is 2. The Labute approximate surface area is 181 Å². The summed E-state index contributed by atoms with van der Waals surface area (Å²) in [6.45, 7) is 3.46. The van der Waals surface area contributed by atoms with E-state index in [9.17, 15) is 13.2 Å². The standard InChI is InChI=1S/C22H22N4O4S/c1-15-14-22(25-16(2)24-15)26-31(28,29)20-10-6-18(7-11-20)23-13-12-21(27)17-4-8-19(30-3)9-5-17/h4-14,23H,1-3H3,(H,24,25,26). The maximum absolute atomic E-state index is 12.6. The lowest BCUT2D eigenvalue weighted by molar-refractivity contribution is 0.104. The van der Waals surface area contributed by atoms with Gasteiger partial charge in [-0.2, -0.15) is 0 Å². The first kappa shape index (κ1) is 22.0. The number of aryl methyl sites for hydroxylation is 2. The molecule has 0 aliphatic carbocycles. The third-order valence-electron chi connectivity index (χ3n) is 4.23. The molecule has 8 nitrogen and oxygen atoms in total. The van der Waals surface area contributed by atoms with Gasteiger partial charge in [-0.1, -0.05) is 0 Å². The van der Waals surface area contributed by atoms with Gasteiger partial charge in [0.15, 0.2) is 5.78 Å². The predicted molar refractivity (Wildman–Crippen MR) is 119 cm³/mol. The molecular formula is C22H22N4O4S. The second-order valence-electron chi connectivity index (χ2n) is 6.64. The number of benzene rings is 2. The number of rotatable bonds is 8. The Balaban J connectivity index is 1.63. The monoisotopic (exact) mass is 438 g/mol. The molecule has 3 aromatic rings. The summed E-state index contributed by atoms with van der Waals surface area (Å²) in [7, 11) is -2.23. The van der Waals surface area contributed by atoms with Crippen molar-refractivity contribution in [3.05, 3.63) is 84.0 Å². The van der Waals surface area contributed by atoms with E-state index in [0.717, 1.165) is 0 Å². The highest BCUT2D eigenvalue weighted by Crippen LogP contribution is 2.18. The van der Waals surface area contributed by atoms with Crippen molar-refractivity contribution < 1.29 is 17.9 Å². The summed E-state index contributed by atoms with van der Waals surface area (Å²) in [4.78, 5) is 20.5. The van der Waals surface area contributed by atoms with Crippen LogP contribution < -0.4 is 14.8 Å². The quantitative estimate of drug-likeness (QED) is 0.407. The zero-order valence-electron chi connectivity index (χ0n) is 17.3. The number of nitrogens with one attached hydrogen (secondary N) is 2. The van der Waals surface area contributed by atoms with Crippen LogP contribution in [0.3, 0.4) is 0 Å². The molecule has 0 aliphatic rings. The number of nitrogens with zero attached hydrogens (tertiary/aromatic N) is 2. The minimum absolute atomic E-state index is 0.0882. The first-order valence-corrected chi connectivity index (χ1v) is 10.8. The van der Waals surface area contributed by atoms with Crippen molar-refractivity contribution in [3.8, 4) is 5.75 Å².